The standard InChI is InChI=1S/C14H19NO.ClH/c1-9-14(15)13-11(8-16-9)7-6-10-4-2-3-5-12(10)13;/h6-7,9,14H,2-5,8,15H2,1H3;1H/t9-,14-;/m1./s1. The van der Waals surface area contributed by atoms with Crippen LogP contribution in [-0.4, -0.2) is 6.10 Å². The highest BCUT2D eigenvalue weighted by atomic mass is 35.5. The molecule has 0 saturated carbocycles. The van der Waals surface area contributed by atoms with E-state index in [0.717, 1.165) is 6.61 Å². The first-order valence-electron chi connectivity index (χ1n) is 6.28. The third-order valence-corrected chi connectivity index (χ3v) is 4.01. The van der Waals surface area contributed by atoms with Gasteiger partial charge in [-0.05, 0) is 54.9 Å². The summed E-state index contributed by atoms with van der Waals surface area (Å²) in [7, 11) is 0. The van der Waals surface area contributed by atoms with Crippen LogP contribution >= 0.6 is 12.4 Å². The molecule has 2 nitrogen and oxygen atoms in total. The van der Waals surface area contributed by atoms with Crippen LogP contribution in [0.4, 0.5) is 0 Å². The summed E-state index contributed by atoms with van der Waals surface area (Å²) in [5.41, 5.74) is 12.1. The summed E-state index contributed by atoms with van der Waals surface area (Å²) in [6, 6.07) is 4.56. The molecule has 3 heteroatoms. The molecule has 1 aromatic rings. The Morgan fingerprint density at radius 1 is 1.18 bits per heavy atom. The molecule has 0 saturated heterocycles. The van der Waals surface area contributed by atoms with Crippen LogP contribution in [-0.2, 0) is 24.2 Å². The van der Waals surface area contributed by atoms with Crippen LogP contribution in [0.3, 0.4) is 0 Å². The number of fused-ring (bicyclic) bond motifs is 3. The molecule has 2 atom stereocenters. The highest BCUT2D eigenvalue weighted by Crippen LogP contribution is 2.35. The summed E-state index contributed by atoms with van der Waals surface area (Å²) in [4.78, 5) is 0. The van der Waals surface area contributed by atoms with Crippen LogP contribution in [0.15, 0.2) is 12.1 Å². The van der Waals surface area contributed by atoms with Crippen LogP contribution in [0.25, 0.3) is 0 Å². The van der Waals surface area contributed by atoms with E-state index < -0.39 is 0 Å². The Balaban J connectivity index is 0.00000108. The second kappa shape index (κ2) is 4.97. The van der Waals surface area contributed by atoms with Gasteiger partial charge in [0.15, 0.2) is 0 Å². The van der Waals surface area contributed by atoms with Gasteiger partial charge in [0.1, 0.15) is 0 Å². The van der Waals surface area contributed by atoms with Gasteiger partial charge in [0.05, 0.1) is 18.8 Å². The molecule has 2 aliphatic rings. The minimum atomic E-state index is 0. The van der Waals surface area contributed by atoms with Gasteiger partial charge in [0, 0.05) is 0 Å². The fourth-order valence-electron chi connectivity index (χ4n) is 3.01. The molecule has 0 unspecified atom stereocenters. The van der Waals surface area contributed by atoms with E-state index in [9.17, 15) is 0 Å². The maximum absolute atomic E-state index is 6.29. The molecule has 94 valence electrons. The minimum Gasteiger partial charge on any atom is -0.372 e. The number of halogens is 1. The number of rotatable bonds is 0. The molecule has 1 aliphatic heterocycles. The van der Waals surface area contributed by atoms with Crippen LogP contribution in [0, 0.1) is 0 Å². The smallest absolute Gasteiger partial charge is 0.0744 e. The van der Waals surface area contributed by atoms with Gasteiger partial charge < -0.3 is 10.5 Å². The van der Waals surface area contributed by atoms with Crippen molar-refractivity contribution in [3.8, 4) is 0 Å². The van der Waals surface area contributed by atoms with E-state index in [1.54, 1.807) is 0 Å². The molecular formula is C14H20ClNO. The molecule has 0 bridgehead atoms. The molecular weight excluding hydrogens is 234 g/mol. The summed E-state index contributed by atoms with van der Waals surface area (Å²) in [5, 5.41) is 0. The summed E-state index contributed by atoms with van der Waals surface area (Å²) >= 11 is 0. The molecule has 1 heterocycles. The maximum Gasteiger partial charge on any atom is 0.0744 e. The zero-order valence-electron chi connectivity index (χ0n) is 10.2. The maximum atomic E-state index is 6.29. The summed E-state index contributed by atoms with van der Waals surface area (Å²) in [6.45, 7) is 2.81. The zero-order chi connectivity index (χ0) is 11.1. The third-order valence-electron chi connectivity index (χ3n) is 4.01. The molecule has 1 aliphatic carbocycles. The number of benzene rings is 1. The van der Waals surface area contributed by atoms with Crippen LogP contribution in [0.1, 0.15) is 48.1 Å². The Labute approximate surface area is 109 Å². The van der Waals surface area contributed by atoms with Crippen molar-refractivity contribution < 1.29 is 4.74 Å². The average molecular weight is 254 g/mol. The minimum absolute atomic E-state index is 0. The fourth-order valence-corrected chi connectivity index (χ4v) is 3.01. The normalized spacial score (nSPS) is 26.7. The number of ether oxygens (including phenoxy) is 1. The van der Waals surface area contributed by atoms with E-state index in [1.807, 2.05) is 0 Å². The van der Waals surface area contributed by atoms with E-state index in [2.05, 4.69) is 19.1 Å². The zero-order valence-corrected chi connectivity index (χ0v) is 11.1. The molecule has 0 fully saturated rings. The van der Waals surface area contributed by atoms with Crippen molar-refractivity contribution in [1.82, 2.24) is 0 Å². The van der Waals surface area contributed by atoms with Gasteiger partial charge in [-0.3, -0.25) is 0 Å². The first kappa shape index (κ1) is 12.9. The predicted octanol–water partition coefficient (Wildman–Crippen LogP) is 2.91. The summed E-state index contributed by atoms with van der Waals surface area (Å²) in [5.74, 6) is 0. The molecule has 1 aromatic carbocycles. The molecule has 3 rings (SSSR count). The van der Waals surface area contributed by atoms with Crippen molar-refractivity contribution in [3.63, 3.8) is 0 Å². The topological polar surface area (TPSA) is 35.2 Å². The van der Waals surface area contributed by atoms with Gasteiger partial charge in [-0.15, -0.1) is 12.4 Å². The van der Waals surface area contributed by atoms with E-state index >= 15 is 0 Å². The van der Waals surface area contributed by atoms with E-state index in [-0.39, 0.29) is 24.6 Å². The summed E-state index contributed by atoms with van der Waals surface area (Å²) in [6.07, 6.45) is 5.23. The highest BCUT2D eigenvalue weighted by Gasteiger charge is 2.28. The second-order valence-corrected chi connectivity index (χ2v) is 5.03. The number of nitrogens with two attached hydrogens (primary N) is 1. The Kier molecular flexibility index (Phi) is 3.76. The van der Waals surface area contributed by atoms with Gasteiger partial charge in [-0.25, -0.2) is 0 Å². The van der Waals surface area contributed by atoms with E-state index in [0.29, 0.717) is 0 Å². The number of hydrogen-bond donors (Lipinski definition) is 1. The van der Waals surface area contributed by atoms with E-state index in [1.165, 1.54) is 47.9 Å². The fraction of sp³-hybridized carbons (Fsp3) is 0.571. The Morgan fingerprint density at radius 3 is 2.71 bits per heavy atom. The van der Waals surface area contributed by atoms with Crippen LogP contribution in [0.2, 0.25) is 0 Å². The number of hydrogen-bond acceptors (Lipinski definition) is 2. The monoisotopic (exact) mass is 253 g/mol. The van der Waals surface area contributed by atoms with Crippen molar-refractivity contribution in [1.29, 1.82) is 0 Å². The molecule has 0 amide bonds. The molecule has 2 N–H and O–H groups in total. The van der Waals surface area contributed by atoms with Crippen molar-refractivity contribution in [2.24, 2.45) is 5.73 Å². The first-order valence-corrected chi connectivity index (χ1v) is 6.28. The van der Waals surface area contributed by atoms with E-state index in [4.69, 9.17) is 10.5 Å². The van der Waals surface area contributed by atoms with Gasteiger partial charge in [-0.1, -0.05) is 12.1 Å². The number of aryl methyl sites for hydroxylation is 1. The lowest BCUT2D eigenvalue weighted by atomic mass is 9.81. The Morgan fingerprint density at radius 2 is 1.88 bits per heavy atom. The molecule has 0 aromatic heterocycles. The van der Waals surface area contributed by atoms with Gasteiger partial charge in [-0.2, -0.15) is 0 Å². The van der Waals surface area contributed by atoms with Crippen molar-refractivity contribution in [3.05, 3.63) is 34.4 Å². The predicted molar refractivity (Wildman–Crippen MR) is 71.5 cm³/mol. The molecule has 0 spiro atoms. The Bertz CT molecular complexity index is 419. The first-order chi connectivity index (χ1) is 7.77. The van der Waals surface area contributed by atoms with Gasteiger partial charge >= 0.3 is 0 Å². The van der Waals surface area contributed by atoms with Crippen molar-refractivity contribution in [2.45, 2.75) is 51.4 Å². The van der Waals surface area contributed by atoms with Gasteiger partial charge in [0.25, 0.3) is 0 Å². The lowest BCUT2D eigenvalue weighted by Gasteiger charge is -2.33. The van der Waals surface area contributed by atoms with Gasteiger partial charge in [0.2, 0.25) is 0 Å². The molecule has 17 heavy (non-hydrogen) atoms. The summed E-state index contributed by atoms with van der Waals surface area (Å²) < 4.78 is 5.68. The van der Waals surface area contributed by atoms with Crippen molar-refractivity contribution >= 4 is 12.4 Å². The quantitative estimate of drug-likeness (QED) is 0.772. The van der Waals surface area contributed by atoms with Crippen molar-refractivity contribution in [2.75, 3.05) is 0 Å². The lowest BCUT2D eigenvalue weighted by molar-refractivity contribution is 0.0209. The third kappa shape index (κ3) is 2.10. The molecule has 0 radical (unpaired) electrons. The second-order valence-electron chi connectivity index (χ2n) is 5.03. The van der Waals surface area contributed by atoms with Crippen LogP contribution in [0.5, 0.6) is 0 Å². The SMILES string of the molecule is C[C@H]1OCc2ccc3c(c2[C@@H]1N)CCCC3.Cl. The highest BCUT2D eigenvalue weighted by molar-refractivity contribution is 5.85. The van der Waals surface area contributed by atoms with Crippen LogP contribution < -0.4 is 5.73 Å². The average Bonchev–Trinajstić information content (AvgIpc) is 2.33. The Hall–Kier alpha value is -0.570. The largest absolute Gasteiger partial charge is 0.372 e. The lowest BCUT2D eigenvalue weighted by Crippen LogP contribution is -2.33.